The van der Waals surface area contributed by atoms with Gasteiger partial charge in [-0.1, -0.05) is 19.9 Å². The van der Waals surface area contributed by atoms with E-state index in [1.807, 2.05) is 18.4 Å². The fraction of sp³-hybridized carbons (Fsp3) is 0.750. The molecule has 3 heterocycles. The first kappa shape index (κ1) is 19.6. The third-order valence-corrected chi connectivity index (χ3v) is 6.61. The number of ether oxygens (including phenoxy) is 2. The van der Waals surface area contributed by atoms with Crippen LogP contribution in [0, 0.1) is 0 Å². The quantitative estimate of drug-likeness (QED) is 0.609. The standard InChI is InChI=1S/C20H33N3O2S/c1-20(2,18-7-5-13-26-18)15-22-19(21-3)23-10-8-16(9-11-23)25-14-17-6-4-12-24-17/h5,7,13,16-17H,4,6,8-12,14-15H2,1-3H3,(H,21,22). The summed E-state index contributed by atoms with van der Waals surface area (Å²) in [7, 11) is 1.88. The molecule has 0 bridgehead atoms. The second-order valence-electron chi connectivity index (χ2n) is 7.92. The van der Waals surface area contributed by atoms with E-state index in [1.165, 1.54) is 11.3 Å². The molecule has 1 unspecified atom stereocenters. The zero-order valence-corrected chi connectivity index (χ0v) is 17.2. The van der Waals surface area contributed by atoms with E-state index in [4.69, 9.17) is 9.47 Å². The van der Waals surface area contributed by atoms with E-state index < -0.39 is 0 Å². The van der Waals surface area contributed by atoms with E-state index >= 15 is 0 Å². The number of nitrogens with zero attached hydrogens (tertiary/aromatic N) is 2. The maximum absolute atomic E-state index is 6.08. The third-order valence-electron chi connectivity index (χ3n) is 5.37. The average Bonchev–Trinajstić information content (AvgIpc) is 3.35. The molecule has 0 aromatic carbocycles. The van der Waals surface area contributed by atoms with Gasteiger partial charge in [0.05, 0.1) is 18.8 Å². The Bertz CT molecular complexity index is 560. The molecule has 2 fully saturated rings. The van der Waals surface area contributed by atoms with Crippen LogP contribution in [0.25, 0.3) is 0 Å². The minimum atomic E-state index is 0.104. The number of piperidine rings is 1. The molecule has 0 saturated carbocycles. The number of guanidine groups is 1. The molecule has 0 spiro atoms. The van der Waals surface area contributed by atoms with Gasteiger partial charge in [-0.15, -0.1) is 11.3 Å². The normalized spacial score (nSPS) is 22.8. The lowest BCUT2D eigenvalue weighted by Gasteiger charge is -2.35. The highest BCUT2D eigenvalue weighted by molar-refractivity contribution is 7.10. The number of thiophene rings is 1. The van der Waals surface area contributed by atoms with Crippen molar-refractivity contribution in [2.24, 2.45) is 4.99 Å². The molecule has 0 radical (unpaired) electrons. The molecule has 2 aliphatic heterocycles. The van der Waals surface area contributed by atoms with Gasteiger partial charge < -0.3 is 19.7 Å². The maximum Gasteiger partial charge on any atom is 0.193 e. The van der Waals surface area contributed by atoms with Crippen LogP contribution in [0.4, 0.5) is 0 Å². The van der Waals surface area contributed by atoms with Crippen LogP contribution in [0.5, 0.6) is 0 Å². The molecule has 6 heteroatoms. The minimum absolute atomic E-state index is 0.104. The van der Waals surface area contributed by atoms with Crippen LogP contribution in [-0.2, 0) is 14.9 Å². The van der Waals surface area contributed by atoms with E-state index in [0.717, 1.165) is 58.1 Å². The fourth-order valence-corrected chi connectivity index (χ4v) is 4.49. The van der Waals surface area contributed by atoms with Crippen LogP contribution in [0.3, 0.4) is 0 Å². The summed E-state index contributed by atoms with van der Waals surface area (Å²) in [4.78, 5) is 8.27. The molecule has 1 aromatic heterocycles. The first-order valence-electron chi connectivity index (χ1n) is 9.81. The third kappa shape index (κ3) is 5.21. The van der Waals surface area contributed by atoms with Gasteiger partial charge in [0.2, 0.25) is 0 Å². The SMILES string of the molecule is CN=C(NCC(C)(C)c1cccs1)N1CCC(OCC2CCCO2)CC1. The van der Waals surface area contributed by atoms with Gasteiger partial charge in [-0.3, -0.25) is 4.99 Å². The summed E-state index contributed by atoms with van der Waals surface area (Å²) in [6, 6.07) is 4.34. The van der Waals surface area contributed by atoms with Crippen LogP contribution >= 0.6 is 11.3 Å². The van der Waals surface area contributed by atoms with Gasteiger partial charge in [0, 0.05) is 43.6 Å². The number of rotatable bonds is 6. The Kier molecular flexibility index (Phi) is 6.95. The first-order chi connectivity index (χ1) is 12.6. The van der Waals surface area contributed by atoms with Crippen molar-refractivity contribution in [3.63, 3.8) is 0 Å². The zero-order chi connectivity index (χ0) is 18.4. The molecule has 3 rings (SSSR count). The van der Waals surface area contributed by atoms with Crippen molar-refractivity contribution in [2.75, 3.05) is 39.9 Å². The Morgan fingerprint density at radius 3 is 2.81 bits per heavy atom. The van der Waals surface area contributed by atoms with E-state index in [1.54, 1.807) is 0 Å². The van der Waals surface area contributed by atoms with Gasteiger partial charge in [-0.2, -0.15) is 0 Å². The second kappa shape index (κ2) is 9.20. The summed E-state index contributed by atoms with van der Waals surface area (Å²) in [6.45, 7) is 9.09. The first-order valence-corrected chi connectivity index (χ1v) is 10.7. The van der Waals surface area contributed by atoms with E-state index in [2.05, 4.69) is 46.6 Å². The van der Waals surface area contributed by atoms with Crippen LogP contribution in [-0.4, -0.2) is 63.0 Å². The Morgan fingerprint density at radius 1 is 1.38 bits per heavy atom. The molecule has 0 aliphatic carbocycles. The zero-order valence-electron chi connectivity index (χ0n) is 16.4. The molecule has 146 valence electrons. The lowest BCUT2D eigenvalue weighted by molar-refractivity contribution is -0.0367. The summed E-state index contributed by atoms with van der Waals surface area (Å²) in [5.74, 6) is 1.01. The van der Waals surface area contributed by atoms with Gasteiger partial charge in [0.1, 0.15) is 0 Å². The van der Waals surface area contributed by atoms with Crippen molar-refractivity contribution in [2.45, 2.75) is 57.2 Å². The smallest absolute Gasteiger partial charge is 0.193 e. The van der Waals surface area contributed by atoms with Crippen LogP contribution in [0.2, 0.25) is 0 Å². The topological polar surface area (TPSA) is 46.1 Å². The Balaban J connectivity index is 1.42. The highest BCUT2D eigenvalue weighted by atomic mass is 32.1. The summed E-state index contributed by atoms with van der Waals surface area (Å²) in [5.41, 5.74) is 0.104. The fourth-order valence-electron chi connectivity index (χ4n) is 3.64. The van der Waals surface area contributed by atoms with Crippen molar-refractivity contribution in [3.05, 3.63) is 22.4 Å². The monoisotopic (exact) mass is 379 g/mol. The van der Waals surface area contributed by atoms with Gasteiger partial charge in [-0.25, -0.2) is 0 Å². The number of likely N-dealkylation sites (tertiary alicyclic amines) is 1. The number of aliphatic imine (C=N–C) groups is 1. The largest absolute Gasteiger partial charge is 0.376 e. The predicted molar refractivity (Wildman–Crippen MR) is 108 cm³/mol. The molecule has 0 amide bonds. The van der Waals surface area contributed by atoms with Crippen molar-refractivity contribution in [1.82, 2.24) is 10.2 Å². The molecule has 1 atom stereocenters. The molecule has 5 nitrogen and oxygen atoms in total. The van der Waals surface area contributed by atoms with Crippen LogP contribution in [0.1, 0.15) is 44.4 Å². The summed E-state index contributed by atoms with van der Waals surface area (Å²) in [6.07, 6.45) is 5.12. The molecular formula is C20H33N3O2S. The Morgan fingerprint density at radius 2 is 2.19 bits per heavy atom. The summed E-state index contributed by atoms with van der Waals surface area (Å²) < 4.78 is 11.7. The molecule has 2 saturated heterocycles. The molecular weight excluding hydrogens is 346 g/mol. The van der Waals surface area contributed by atoms with Crippen LogP contribution < -0.4 is 5.32 Å². The van der Waals surface area contributed by atoms with Crippen LogP contribution in [0.15, 0.2) is 22.5 Å². The predicted octanol–water partition coefficient (Wildman–Crippen LogP) is 3.26. The molecule has 1 aromatic rings. The van der Waals surface area contributed by atoms with Gasteiger partial charge in [0.25, 0.3) is 0 Å². The number of hydrogen-bond acceptors (Lipinski definition) is 4. The molecule has 1 N–H and O–H groups in total. The lowest BCUT2D eigenvalue weighted by Crippen LogP contribution is -2.49. The minimum Gasteiger partial charge on any atom is -0.376 e. The van der Waals surface area contributed by atoms with E-state index in [9.17, 15) is 0 Å². The van der Waals surface area contributed by atoms with Crippen molar-refractivity contribution in [1.29, 1.82) is 0 Å². The second-order valence-corrected chi connectivity index (χ2v) is 8.86. The average molecular weight is 380 g/mol. The summed E-state index contributed by atoms with van der Waals surface area (Å²) >= 11 is 1.82. The van der Waals surface area contributed by atoms with Crippen molar-refractivity contribution in [3.8, 4) is 0 Å². The Labute approximate surface area is 161 Å². The summed E-state index contributed by atoms with van der Waals surface area (Å²) in [5, 5.41) is 5.73. The maximum atomic E-state index is 6.08. The lowest BCUT2D eigenvalue weighted by atomic mass is 9.91. The Hall–Kier alpha value is -1.11. The van der Waals surface area contributed by atoms with Gasteiger partial charge in [0.15, 0.2) is 5.96 Å². The van der Waals surface area contributed by atoms with Gasteiger partial charge in [-0.05, 0) is 37.1 Å². The van der Waals surface area contributed by atoms with E-state index in [0.29, 0.717) is 12.2 Å². The highest BCUT2D eigenvalue weighted by Gasteiger charge is 2.26. The van der Waals surface area contributed by atoms with Crippen molar-refractivity contribution < 1.29 is 9.47 Å². The number of nitrogens with one attached hydrogen (secondary N) is 1. The number of hydrogen-bond donors (Lipinski definition) is 1. The highest BCUT2D eigenvalue weighted by Crippen LogP contribution is 2.26. The molecule has 26 heavy (non-hydrogen) atoms. The van der Waals surface area contributed by atoms with Gasteiger partial charge >= 0.3 is 0 Å². The van der Waals surface area contributed by atoms with E-state index in [-0.39, 0.29) is 5.41 Å². The molecule has 2 aliphatic rings. The van der Waals surface area contributed by atoms with Crippen molar-refractivity contribution >= 4 is 17.3 Å².